The minimum Gasteiger partial charge on any atom is -0.384 e. The summed E-state index contributed by atoms with van der Waals surface area (Å²) in [5.41, 5.74) is 5.70. The predicted molar refractivity (Wildman–Crippen MR) is 104 cm³/mol. The van der Waals surface area contributed by atoms with E-state index >= 15 is 0 Å². The van der Waals surface area contributed by atoms with Crippen LogP contribution in [-0.4, -0.2) is 24.6 Å². The lowest BCUT2D eigenvalue weighted by Crippen LogP contribution is -2.17. The summed E-state index contributed by atoms with van der Waals surface area (Å²) in [5, 5.41) is -0.382. The SMILES string of the molecule is Cc1ccc(F)cc1-c1nc(NS(=O)(=O)c2cccc(N)n2)ccc1CC(F)(F)F. The molecular weight excluding hydrogens is 424 g/mol. The molecule has 0 aliphatic carbocycles. The van der Waals surface area contributed by atoms with Crippen LogP contribution in [0.3, 0.4) is 0 Å². The minimum absolute atomic E-state index is 0.0255. The second-order valence-electron chi connectivity index (χ2n) is 6.46. The molecule has 6 nitrogen and oxygen atoms in total. The Morgan fingerprint density at radius 1 is 1.07 bits per heavy atom. The maximum Gasteiger partial charge on any atom is 0.393 e. The molecule has 3 aromatic rings. The van der Waals surface area contributed by atoms with Crippen molar-refractivity contribution in [1.82, 2.24) is 9.97 Å². The third kappa shape index (κ3) is 5.03. The van der Waals surface area contributed by atoms with Gasteiger partial charge in [-0.05, 0) is 48.4 Å². The number of aromatic nitrogens is 2. The van der Waals surface area contributed by atoms with E-state index in [4.69, 9.17) is 5.73 Å². The first-order valence-electron chi connectivity index (χ1n) is 8.53. The monoisotopic (exact) mass is 440 g/mol. The van der Waals surface area contributed by atoms with Crippen molar-refractivity contribution >= 4 is 21.7 Å². The van der Waals surface area contributed by atoms with Crippen LogP contribution in [0.4, 0.5) is 29.2 Å². The summed E-state index contributed by atoms with van der Waals surface area (Å²) in [6.07, 6.45) is -5.85. The van der Waals surface area contributed by atoms with Crippen molar-refractivity contribution in [2.24, 2.45) is 0 Å². The number of halogens is 4. The van der Waals surface area contributed by atoms with Crippen LogP contribution in [-0.2, 0) is 16.4 Å². The number of benzene rings is 1. The first kappa shape index (κ1) is 21.5. The Bertz CT molecular complexity index is 1200. The number of sulfonamides is 1. The molecule has 0 atom stereocenters. The Kier molecular flexibility index (Phi) is 5.66. The van der Waals surface area contributed by atoms with Crippen molar-refractivity contribution in [2.75, 3.05) is 10.5 Å². The quantitative estimate of drug-likeness (QED) is 0.583. The second kappa shape index (κ2) is 7.90. The highest BCUT2D eigenvalue weighted by molar-refractivity contribution is 7.92. The molecule has 0 radical (unpaired) electrons. The molecule has 0 spiro atoms. The number of anilines is 2. The molecule has 0 aliphatic rings. The first-order valence-corrected chi connectivity index (χ1v) is 10.0. The minimum atomic E-state index is -4.54. The van der Waals surface area contributed by atoms with Gasteiger partial charge in [0.05, 0.1) is 12.1 Å². The first-order chi connectivity index (χ1) is 13.9. The van der Waals surface area contributed by atoms with Crippen molar-refractivity contribution in [2.45, 2.75) is 24.5 Å². The lowest BCUT2D eigenvalue weighted by molar-refractivity contribution is -0.127. The molecule has 2 heterocycles. The zero-order valence-corrected chi connectivity index (χ0v) is 16.4. The van der Waals surface area contributed by atoms with Crippen molar-refractivity contribution in [1.29, 1.82) is 0 Å². The van der Waals surface area contributed by atoms with E-state index in [9.17, 15) is 26.0 Å². The van der Waals surface area contributed by atoms with Gasteiger partial charge in [0.2, 0.25) is 0 Å². The van der Waals surface area contributed by atoms with Crippen molar-refractivity contribution in [3.05, 3.63) is 65.5 Å². The summed E-state index contributed by atoms with van der Waals surface area (Å²) in [4.78, 5) is 7.76. The van der Waals surface area contributed by atoms with Crippen LogP contribution in [0, 0.1) is 12.7 Å². The molecule has 0 unspecified atom stereocenters. The molecule has 2 aromatic heterocycles. The maximum atomic E-state index is 13.8. The van der Waals surface area contributed by atoms with Gasteiger partial charge in [-0.2, -0.15) is 21.6 Å². The predicted octanol–water partition coefficient (Wildman–Crippen LogP) is 4.08. The van der Waals surface area contributed by atoms with Gasteiger partial charge >= 0.3 is 6.18 Å². The van der Waals surface area contributed by atoms with Gasteiger partial charge in [0.1, 0.15) is 17.5 Å². The zero-order chi connectivity index (χ0) is 22.1. The van der Waals surface area contributed by atoms with Crippen LogP contribution < -0.4 is 10.5 Å². The number of alkyl halides is 3. The topological polar surface area (TPSA) is 98.0 Å². The van der Waals surface area contributed by atoms with E-state index in [1.807, 2.05) is 0 Å². The normalized spacial score (nSPS) is 12.0. The fourth-order valence-electron chi connectivity index (χ4n) is 2.76. The average Bonchev–Trinajstić information content (AvgIpc) is 2.64. The van der Waals surface area contributed by atoms with Crippen molar-refractivity contribution in [3.8, 4) is 11.3 Å². The lowest BCUT2D eigenvalue weighted by atomic mass is 9.99. The molecule has 30 heavy (non-hydrogen) atoms. The fraction of sp³-hybridized carbons (Fsp3) is 0.158. The number of rotatable bonds is 5. The molecule has 1 aromatic carbocycles. The Morgan fingerprint density at radius 2 is 1.80 bits per heavy atom. The van der Waals surface area contributed by atoms with Crippen LogP contribution in [0.25, 0.3) is 11.3 Å². The van der Waals surface area contributed by atoms with Gasteiger partial charge in [-0.25, -0.2) is 14.4 Å². The Balaban J connectivity index is 2.08. The molecule has 0 saturated heterocycles. The Hall–Kier alpha value is -3.21. The highest BCUT2D eigenvalue weighted by Crippen LogP contribution is 2.32. The molecule has 0 saturated carbocycles. The Labute approximate surface area is 169 Å². The summed E-state index contributed by atoms with van der Waals surface area (Å²) in [6, 6.07) is 9.81. The van der Waals surface area contributed by atoms with Gasteiger partial charge in [-0.3, -0.25) is 4.72 Å². The van der Waals surface area contributed by atoms with Crippen LogP contribution in [0.15, 0.2) is 53.6 Å². The van der Waals surface area contributed by atoms with Gasteiger partial charge in [-0.15, -0.1) is 0 Å². The van der Waals surface area contributed by atoms with E-state index < -0.39 is 28.4 Å². The van der Waals surface area contributed by atoms with E-state index in [2.05, 4.69) is 14.7 Å². The van der Waals surface area contributed by atoms with E-state index in [0.29, 0.717) is 5.56 Å². The smallest absolute Gasteiger partial charge is 0.384 e. The number of hydrogen-bond donors (Lipinski definition) is 2. The molecule has 3 rings (SSSR count). The standard InChI is InChI=1S/C19H16F4N4O2S/c1-11-5-7-13(20)9-14(11)18-12(10-19(21,22)23)6-8-16(26-18)27-30(28,29)17-4-2-3-15(24)25-17/h2-9H,10H2,1H3,(H2,24,25)(H,26,27). The van der Waals surface area contributed by atoms with E-state index in [-0.39, 0.29) is 33.5 Å². The molecule has 0 bridgehead atoms. The largest absolute Gasteiger partial charge is 0.393 e. The Morgan fingerprint density at radius 3 is 2.47 bits per heavy atom. The summed E-state index contributed by atoms with van der Waals surface area (Å²) >= 11 is 0. The van der Waals surface area contributed by atoms with E-state index in [0.717, 1.165) is 18.2 Å². The van der Waals surface area contributed by atoms with Crippen LogP contribution in [0.1, 0.15) is 11.1 Å². The maximum absolute atomic E-state index is 13.8. The molecular formula is C19H16F4N4O2S. The summed E-state index contributed by atoms with van der Waals surface area (Å²) in [7, 11) is -4.20. The fourth-order valence-corrected chi connectivity index (χ4v) is 3.73. The molecule has 11 heteroatoms. The number of nitrogens with zero attached hydrogens (tertiary/aromatic N) is 2. The number of nitrogen functional groups attached to an aromatic ring is 1. The molecule has 0 aliphatic heterocycles. The van der Waals surface area contributed by atoms with Crippen LogP contribution >= 0.6 is 0 Å². The highest BCUT2D eigenvalue weighted by Gasteiger charge is 2.30. The zero-order valence-electron chi connectivity index (χ0n) is 15.5. The number of nitrogens with one attached hydrogen (secondary N) is 1. The molecule has 0 fully saturated rings. The van der Waals surface area contributed by atoms with Gasteiger partial charge in [0.15, 0.2) is 5.03 Å². The molecule has 3 N–H and O–H groups in total. The van der Waals surface area contributed by atoms with Crippen molar-refractivity contribution < 1.29 is 26.0 Å². The summed E-state index contributed by atoms with van der Waals surface area (Å²) in [5.74, 6) is -0.934. The van der Waals surface area contributed by atoms with Gasteiger partial charge in [-0.1, -0.05) is 18.2 Å². The second-order valence-corrected chi connectivity index (χ2v) is 8.09. The van der Waals surface area contributed by atoms with Gasteiger partial charge in [0, 0.05) is 5.56 Å². The number of nitrogens with two attached hydrogens (primary N) is 1. The van der Waals surface area contributed by atoms with Gasteiger partial charge < -0.3 is 5.73 Å². The molecule has 0 amide bonds. The lowest BCUT2D eigenvalue weighted by Gasteiger charge is -2.15. The van der Waals surface area contributed by atoms with Crippen LogP contribution in [0.5, 0.6) is 0 Å². The number of pyridine rings is 2. The van der Waals surface area contributed by atoms with Gasteiger partial charge in [0.25, 0.3) is 10.0 Å². The average molecular weight is 440 g/mol. The van der Waals surface area contributed by atoms with Crippen molar-refractivity contribution in [3.63, 3.8) is 0 Å². The summed E-state index contributed by atoms with van der Waals surface area (Å²) in [6.45, 7) is 1.58. The third-order valence-corrected chi connectivity index (χ3v) is 5.34. The highest BCUT2D eigenvalue weighted by atomic mass is 32.2. The number of aryl methyl sites for hydroxylation is 1. The van der Waals surface area contributed by atoms with Crippen LogP contribution in [0.2, 0.25) is 0 Å². The molecule has 158 valence electrons. The third-order valence-electron chi connectivity index (χ3n) is 4.08. The number of hydrogen-bond acceptors (Lipinski definition) is 5. The summed E-state index contributed by atoms with van der Waals surface area (Å²) < 4.78 is 80.0. The van der Waals surface area contributed by atoms with E-state index in [1.165, 1.54) is 30.3 Å². The van der Waals surface area contributed by atoms with E-state index in [1.54, 1.807) is 6.92 Å².